The molecule has 1 amide bonds. The van der Waals surface area contributed by atoms with Crippen molar-refractivity contribution >= 4 is 11.7 Å². The van der Waals surface area contributed by atoms with Gasteiger partial charge in [-0.15, -0.1) is 0 Å². The lowest BCUT2D eigenvalue weighted by Gasteiger charge is -2.28. The molecule has 1 saturated carbocycles. The standard InChI is InChI=1S/C24H23F3N4O/c1-14-5-3-6-17(11-14)30-10-9-28-22(30)21-18-7-4-8-19(18)23(32)31(21)20-13-16(24(25,26)27)12-15(2)29-20/h3,5-6,9-13,18-19,21H,4,7-8H2,1-2H3. The first-order valence-electron chi connectivity index (χ1n) is 10.7. The molecular formula is C24H23F3N4O. The van der Waals surface area contributed by atoms with E-state index in [-0.39, 0.29) is 29.3 Å². The van der Waals surface area contributed by atoms with E-state index < -0.39 is 17.8 Å². The van der Waals surface area contributed by atoms with Gasteiger partial charge < -0.3 is 4.57 Å². The van der Waals surface area contributed by atoms with Gasteiger partial charge in [0, 0.05) is 29.7 Å². The van der Waals surface area contributed by atoms with Crippen LogP contribution in [0.5, 0.6) is 0 Å². The third-order valence-corrected chi connectivity index (χ3v) is 6.54. The first kappa shape index (κ1) is 20.7. The van der Waals surface area contributed by atoms with Crippen LogP contribution in [0.15, 0.2) is 48.8 Å². The van der Waals surface area contributed by atoms with E-state index in [2.05, 4.69) is 9.97 Å². The van der Waals surface area contributed by atoms with Gasteiger partial charge in [0.25, 0.3) is 0 Å². The van der Waals surface area contributed by atoms with Gasteiger partial charge in [-0.05, 0) is 62.4 Å². The number of amides is 1. The minimum Gasteiger partial charge on any atom is -0.302 e. The third-order valence-electron chi connectivity index (χ3n) is 6.54. The number of rotatable bonds is 3. The van der Waals surface area contributed by atoms with Crippen LogP contribution in [-0.4, -0.2) is 20.4 Å². The van der Waals surface area contributed by atoms with Crippen LogP contribution >= 0.6 is 0 Å². The molecule has 166 valence electrons. The number of aromatic nitrogens is 3. The first-order valence-corrected chi connectivity index (χ1v) is 10.7. The average Bonchev–Trinajstić information content (AvgIpc) is 3.44. The fourth-order valence-corrected chi connectivity index (χ4v) is 5.21. The highest BCUT2D eigenvalue weighted by molar-refractivity contribution is 5.98. The summed E-state index contributed by atoms with van der Waals surface area (Å²) in [6, 6.07) is 9.44. The molecule has 2 fully saturated rings. The number of fused-ring (bicyclic) bond motifs is 1. The summed E-state index contributed by atoms with van der Waals surface area (Å²) in [6.45, 7) is 3.51. The number of carbonyl (C=O) groups is 1. The maximum Gasteiger partial charge on any atom is 0.416 e. The summed E-state index contributed by atoms with van der Waals surface area (Å²) < 4.78 is 42.5. The number of hydrogen-bond acceptors (Lipinski definition) is 3. The first-order chi connectivity index (χ1) is 15.2. The maximum absolute atomic E-state index is 13.5. The summed E-state index contributed by atoms with van der Waals surface area (Å²) in [5.74, 6) is 0.294. The van der Waals surface area contributed by atoms with Gasteiger partial charge in [0.2, 0.25) is 5.91 Å². The van der Waals surface area contributed by atoms with E-state index in [4.69, 9.17) is 0 Å². The van der Waals surface area contributed by atoms with Crippen LogP contribution in [0.4, 0.5) is 19.0 Å². The van der Waals surface area contributed by atoms with Crippen LogP contribution in [0.1, 0.15) is 47.9 Å². The second kappa shape index (κ2) is 7.46. The molecule has 3 aromatic rings. The van der Waals surface area contributed by atoms with Crippen LogP contribution in [0.3, 0.4) is 0 Å². The molecule has 32 heavy (non-hydrogen) atoms. The molecule has 3 atom stereocenters. The third kappa shape index (κ3) is 3.38. The van der Waals surface area contributed by atoms with E-state index in [9.17, 15) is 18.0 Å². The highest BCUT2D eigenvalue weighted by atomic mass is 19.4. The van der Waals surface area contributed by atoms with Crippen LogP contribution in [-0.2, 0) is 11.0 Å². The summed E-state index contributed by atoms with van der Waals surface area (Å²) in [7, 11) is 0. The highest BCUT2D eigenvalue weighted by Gasteiger charge is 2.53. The Kier molecular flexibility index (Phi) is 4.83. The SMILES string of the molecule is Cc1cccc(-n2ccnc2C2C3CCCC3C(=O)N2c2cc(C(F)(F)F)cc(C)n2)c1. The van der Waals surface area contributed by atoms with Gasteiger partial charge in [-0.2, -0.15) is 13.2 Å². The Labute approximate surface area is 183 Å². The molecule has 1 aliphatic carbocycles. The molecule has 3 heterocycles. The molecule has 1 aliphatic heterocycles. The Morgan fingerprint density at radius 1 is 1.09 bits per heavy atom. The van der Waals surface area contributed by atoms with Crippen molar-refractivity contribution in [2.45, 2.75) is 45.3 Å². The van der Waals surface area contributed by atoms with Gasteiger partial charge in [-0.3, -0.25) is 9.69 Å². The van der Waals surface area contributed by atoms with Crippen molar-refractivity contribution in [3.05, 3.63) is 71.4 Å². The summed E-state index contributed by atoms with van der Waals surface area (Å²) in [5.41, 5.74) is 1.40. The number of hydrogen-bond donors (Lipinski definition) is 0. The lowest BCUT2D eigenvalue weighted by molar-refractivity contribution is -0.137. The molecule has 0 spiro atoms. The highest BCUT2D eigenvalue weighted by Crippen LogP contribution is 2.51. The Hall–Kier alpha value is -3.16. The van der Waals surface area contributed by atoms with E-state index in [1.54, 1.807) is 6.20 Å². The predicted molar refractivity (Wildman–Crippen MR) is 113 cm³/mol. The van der Waals surface area contributed by atoms with Crippen molar-refractivity contribution < 1.29 is 18.0 Å². The van der Waals surface area contributed by atoms with Gasteiger partial charge >= 0.3 is 6.18 Å². The van der Waals surface area contributed by atoms with Crippen molar-refractivity contribution in [3.8, 4) is 5.69 Å². The van der Waals surface area contributed by atoms with Crippen molar-refractivity contribution in [1.82, 2.24) is 14.5 Å². The van der Waals surface area contributed by atoms with E-state index in [0.29, 0.717) is 5.82 Å². The topological polar surface area (TPSA) is 51.0 Å². The van der Waals surface area contributed by atoms with Gasteiger partial charge in [-0.1, -0.05) is 18.6 Å². The van der Waals surface area contributed by atoms with Crippen LogP contribution in [0.2, 0.25) is 0 Å². The van der Waals surface area contributed by atoms with E-state index in [1.165, 1.54) is 11.8 Å². The molecule has 5 nitrogen and oxygen atoms in total. The predicted octanol–water partition coefficient (Wildman–Crippen LogP) is 5.41. The Bertz CT molecular complexity index is 1190. The van der Waals surface area contributed by atoms with Crippen molar-refractivity contribution in [2.24, 2.45) is 11.8 Å². The smallest absolute Gasteiger partial charge is 0.302 e. The van der Waals surface area contributed by atoms with Crippen LogP contribution < -0.4 is 4.90 Å². The van der Waals surface area contributed by atoms with Gasteiger partial charge in [0.05, 0.1) is 5.56 Å². The summed E-state index contributed by atoms with van der Waals surface area (Å²) in [4.78, 5) is 23.8. The number of carbonyl (C=O) groups excluding carboxylic acids is 1. The number of alkyl halides is 3. The second-order valence-corrected chi connectivity index (χ2v) is 8.70. The van der Waals surface area contributed by atoms with E-state index in [0.717, 1.165) is 42.6 Å². The van der Waals surface area contributed by atoms with Crippen LogP contribution in [0, 0.1) is 25.7 Å². The van der Waals surface area contributed by atoms with Crippen LogP contribution in [0.25, 0.3) is 5.69 Å². The second-order valence-electron chi connectivity index (χ2n) is 8.70. The monoisotopic (exact) mass is 440 g/mol. The lowest BCUT2D eigenvalue weighted by Crippen LogP contribution is -2.33. The lowest BCUT2D eigenvalue weighted by atomic mass is 9.93. The molecular weight excluding hydrogens is 417 g/mol. The number of anilines is 1. The van der Waals surface area contributed by atoms with Crippen molar-refractivity contribution in [1.29, 1.82) is 0 Å². The zero-order valence-corrected chi connectivity index (χ0v) is 17.8. The summed E-state index contributed by atoms with van der Waals surface area (Å²) in [6.07, 6.45) is 1.48. The number of aryl methyl sites for hydroxylation is 2. The summed E-state index contributed by atoms with van der Waals surface area (Å²) in [5, 5.41) is 0. The Morgan fingerprint density at radius 3 is 2.66 bits per heavy atom. The minimum absolute atomic E-state index is 0.00916. The number of halogens is 3. The molecule has 2 aliphatic rings. The fraction of sp³-hybridized carbons (Fsp3) is 0.375. The Balaban J connectivity index is 1.66. The largest absolute Gasteiger partial charge is 0.416 e. The quantitative estimate of drug-likeness (QED) is 0.547. The zero-order chi connectivity index (χ0) is 22.6. The van der Waals surface area contributed by atoms with Crippen molar-refractivity contribution in [2.75, 3.05) is 4.90 Å². The van der Waals surface area contributed by atoms with Gasteiger partial charge in [-0.25, -0.2) is 9.97 Å². The molecule has 1 aromatic carbocycles. The van der Waals surface area contributed by atoms with E-state index in [1.807, 2.05) is 42.0 Å². The maximum atomic E-state index is 13.5. The minimum atomic E-state index is -4.52. The number of pyridine rings is 1. The molecule has 0 N–H and O–H groups in total. The van der Waals surface area contributed by atoms with Crippen molar-refractivity contribution in [3.63, 3.8) is 0 Å². The fourth-order valence-electron chi connectivity index (χ4n) is 5.21. The molecule has 8 heteroatoms. The molecule has 2 aromatic heterocycles. The molecule has 0 bridgehead atoms. The van der Waals surface area contributed by atoms with E-state index >= 15 is 0 Å². The molecule has 1 saturated heterocycles. The summed E-state index contributed by atoms with van der Waals surface area (Å²) >= 11 is 0. The number of benzene rings is 1. The molecule has 3 unspecified atom stereocenters. The molecule has 0 radical (unpaired) electrons. The Morgan fingerprint density at radius 2 is 1.91 bits per heavy atom. The molecule has 5 rings (SSSR count). The van der Waals surface area contributed by atoms with Gasteiger partial charge in [0.15, 0.2) is 0 Å². The number of nitrogens with zero attached hydrogens (tertiary/aromatic N) is 4. The average molecular weight is 440 g/mol. The zero-order valence-electron chi connectivity index (χ0n) is 17.8. The normalized spacial score (nSPS) is 23.1. The number of imidazole rings is 1. The van der Waals surface area contributed by atoms with Gasteiger partial charge in [0.1, 0.15) is 17.7 Å².